The van der Waals surface area contributed by atoms with Gasteiger partial charge in [-0.2, -0.15) is 4.98 Å². The van der Waals surface area contributed by atoms with Crippen LogP contribution in [0.2, 0.25) is 5.28 Å². The normalized spacial score (nSPS) is 10.3. The lowest BCUT2D eigenvalue weighted by atomic mass is 10.2. The molecule has 0 atom stereocenters. The van der Waals surface area contributed by atoms with Crippen LogP contribution in [0.25, 0.3) is 0 Å². The number of aromatic nitrogens is 2. The van der Waals surface area contributed by atoms with Crippen molar-refractivity contribution < 1.29 is 4.92 Å². The summed E-state index contributed by atoms with van der Waals surface area (Å²) in [5.74, 6) is 0.0943. The molecule has 0 radical (unpaired) electrons. The van der Waals surface area contributed by atoms with Gasteiger partial charge in [0.1, 0.15) is 5.69 Å². The molecule has 0 aliphatic heterocycles. The molecule has 7 heteroatoms. The third-order valence-corrected chi connectivity index (χ3v) is 2.78. The van der Waals surface area contributed by atoms with E-state index in [2.05, 4.69) is 15.3 Å². The maximum Gasteiger partial charge on any atom is 0.332 e. The number of para-hydroxylation sites is 1. The minimum Gasteiger partial charge on any atom is -0.334 e. The number of nitro groups is 1. The van der Waals surface area contributed by atoms with Crippen molar-refractivity contribution in [2.24, 2.45) is 0 Å². The first-order valence-electron chi connectivity index (χ1n) is 5.50. The Morgan fingerprint density at radius 2 is 1.95 bits per heavy atom. The highest BCUT2D eigenvalue weighted by Crippen LogP contribution is 2.30. The van der Waals surface area contributed by atoms with Crippen molar-refractivity contribution >= 4 is 28.8 Å². The molecule has 0 aliphatic rings. The van der Waals surface area contributed by atoms with Crippen LogP contribution in [0.4, 0.5) is 17.2 Å². The van der Waals surface area contributed by atoms with Gasteiger partial charge >= 0.3 is 5.69 Å². The smallest absolute Gasteiger partial charge is 0.332 e. The molecule has 2 rings (SSSR count). The number of nitrogens with one attached hydrogen (secondary N) is 1. The van der Waals surface area contributed by atoms with E-state index in [9.17, 15) is 10.1 Å². The number of aryl methyl sites for hydroxylation is 2. The number of benzene rings is 1. The van der Waals surface area contributed by atoms with E-state index in [0.29, 0.717) is 0 Å². The number of rotatable bonds is 3. The minimum atomic E-state index is -0.522. The zero-order valence-electron chi connectivity index (χ0n) is 10.3. The Kier molecular flexibility index (Phi) is 3.62. The quantitative estimate of drug-likeness (QED) is 0.529. The number of nitrogens with zero attached hydrogens (tertiary/aromatic N) is 3. The molecule has 0 spiro atoms. The summed E-state index contributed by atoms with van der Waals surface area (Å²) in [6.45, 7) is 3.42. The summed E-state index contributed by atoms with van der Waals surface area (Å²) in [7, 11) is 0. The van der Waals surface area contributed by atoms with Crippen molar-refractivity contribution in [2.45, 2.75) is 13.8 Å². The average Bonchev–Trinajstić information content (AvgIpc) is 2.30. The monoisotopic (exact) mass is 278 g/mol. The van der Waals surface area contributed by atoms with Gasteiger partial charge in [-0.1, -0.05) is 18.2 Å². The van der Waals surface area contributed by atoms with E-state index in [-0.39, 0.29) is 22.5 Å². The SMILES string of the molecule is Cc1ccccc1Nc1nc(Cl)nc(C)c1[N+](=O)[O-]. The first-order valence-corrected chi connectivity index (χ1v) is 5.88. The molecule has 0 aliphatic carbocycles. The molecule has 0 fully saturated rings. The fourth-order valence-corrected chi connectivity index (χ4v) is 1.89. The Bertz CT molecular complexity index is 646. The van der Waals surface area contributed by atoms with Crippen LogP contribution in [0, 0.1) is 24.0 Å². The van der Waals surface area contributed by atoms with E-state index in [4.69, 9.17) is 11.6 Å². The van der Waals surface area contributed by atoms with Crippen molar-refractivity contribution in [2.75, 3.05) is 5.32 Å². The number of hydrogen-bond acceptors (Lipinski definition) is 5. The van der Waals surface area contributed by atoms with E-state index in [0.717, 1.165) is 11.3 Å². The molecule has 1 aromatic heterocycles. The molecule has 6 nitrogen and oxygen atoms in total. The molecular formula is C12H11ClN4O2. The summed E-state index contributed by atoms with van der Waals surface area (Å²) in [6, 6.07) is 7.41. The van der Waals surface area contributed by atoms with E-state index < -0.39 is 4.92 Å². The first kappa shape index (κ1) is 13.2. The number of hydrogen-bond donors (Lipinski definition) is 1. The van der Waals surface area contributed by atoms with Gasteiger partial charge in [0.15, 0.2) is 0 Å². The lowest BCUT2D eigenvalue weighted by Gasteiger charge is -2.09. The molecule has 0 unspecified atom stereocenters. The van der Waals surface area contributed by atoms with Crippen LogP contribution in [0.1, 0.15) is 11.3 Å². The Morgan fingerprint density at radius 3 is 2.58 bits per heavy atom. The van der Waals surface area contributed by atoms with Gasteiger partial charge in [0.25, 0.3) is 0 Å². The Labute approximate surface area is 114 Å². The van der Waals surface area contributed by atoms with E-state index >= 15 is 0 Å². The number of anilines is 2. The van der Waals surface area contributed by atoms with Crippen LogP contribution in [0.5, 0.6) is 0 Å². The molecule has 1 heterocycles. The second-order valence-electron chi connectivity index (χ2n) is 3.97. The zero-order chi connectivity index (χ0) is 14.0. The van der Waals surface area contributed by atoms with Gasteiger partial charge in [-0.3, -0.25) is 10.1 Å². The highest BCUT2D eigenvalue weighted by Gasteiger charge is 2.22. The van der Waals surface area contributed by atoms with Gasteiger partial charge in [-0.25, -0.2) is 4.98 Å². The summed E-state index contributed by atoms with van der Waals surface area (Å²) >= 11 is 5.75. The van der Waals surface area contributed by atoms with Crippen LogP contribution < -0.4 is 5.32 Å². The van der Waals surface area contributed by atoms with Crippen molar-refractivity contribution in [3.63, 3.8) is 0 Å². The third-order valence-electron chi connectivity index (χ3n) is 2.61. The van der Waals surface area contributed by atoms with Gasteiger partial charge in [-0.15, -0.1) is 0 Å². The molecule has 0 bridgehead atoms. The van der Waals surface area contributed by atoms with E-state index in [1.165, 1.54) is 6.92 Å². The van der Waals surface area contributed by atoms with Gasteiger partial charge in [0.05, 0.1) is 4.92 Å². The molecule has 0 saturated heterocycles. The lowest BCUT2D eigenvalue weighted by molar-refractivity contribution is -0.385. The van der Waals surface area contributed by atoms with Gasteiger partial charge in [0, 0.05) is 5.69 Å². The van der Waals surface area contributed by atoms with Crippen LogP contribution in [-0.4, -0.2) is 14.9 Å². The molecule has 1 N–H and O–H groups in total. The molecule has 19 heavy (non-hydrogen) atoms. The summed E-state index contributed by atoms with van der Waals surface area (Å²) < 4.78 is 0. The standard InChI is InChI=1S/C12H11ClN4O2/c1-7-5-3-4-6-9(7)15-11-10(17(18)19)8(2)14-12(13)16-11/h3-6H,1-2H3,(H,14,15,16). The molecule has 98 valence electrons. The largest absolute Gasteiger partial charge is 0.334 e. The fourth-order valence-electron chi connectivity index (χ4n) is 1.68. The molecule has 2 aromatic rings. The topological polar surface area (TPSA) is 81.0 Å². The van der Waals surface area contributed by atoms with E-state index in [1.54, 1.807) is 0 Å². The predicted molar refractivity (Wildman–Crippen MR) is 72.9 cm³/mol. The van der Waals surface area contributed by atoms with Crippen LogP contribution in [0.3, 0.4) is 0 Å². The molecule has 1 aromatic carbocycles. The second-order valence-corrected chi connectivity index (χ2v) is 4.31. The van der Waals surface area contributed by atoms with Crippen molar-refractivity contribution in [3.05, 3.63) is 50.9 Å². The average molecular weight is 279 g/mol. The molecular weight excluding hydrogens is 268 g/mol. The van der Waals surface area contributed by atoms with Gasteiger partial charge in [-0.05, 0) is 37.1 Å². The van der Waals surface area contributed by atoms with Crippen molar-refractivity contribution in [1.82, 2.24) is 9.97 Å². The highest BCUT2D eigenvalue weighted by atomic mass is 35.5. The van der Waals surface area contributed by atoms with E-state index in [1.807, 2.05) is 31.2 Å². The van der Waals surface area contributed by atoms with Crippen LogP contribution in [0.15, 0.2) is 24.3 Å². The maximum atomic E-state index is 11.1. The van der Waals surface area contributed by atoms with Gasteiger partial charge < -0.3 is 5.32 Å². The minimum absolute atomic E-state index is 0.0285. The molecule has 0 amide bonds. The predicted octanol–water partition coefficient (Wildman–Crippen LogP) is 3.40. The lowest BCUT2D eigenvalue weighted by Crippen LogP contribution is -2.04. The Morgan fingerprint density at radius 1 is 1.26 bits per heavy atom. The third kappa shape index (κ3) is 2.79. The zero-order valence-corrected chi connectivity index (χ0v) is 11.1. The molecule has 0 saturated carbocycles. The van der Waals surface area contributed by atoms with Crippen LogP contribution in [-0.2, 0) is 0 Å². The highest BCUT2D eigenvalue weighted by molar-refractivity contribution is 6.28. The Hall–Kier alpha value is -2.21. The van der Waals surface area contributed by atoms with Crippen molar-refractivity contribution in [1.29, 1.82) is 0 Å². The maximum absolute atomic E-state index is 11.1. The van der Waals surface area contributed by atoms with Gasteiger partial charge in [0.2, 0.25) is 11.1 Å². The first-order chi connectivity index (χ1) is 8.99. The number of halogens is 1. The fraction of sp³-hybridized carbons (Fsp3) is 0.167. The summed E-state index contributed by atoms with van der Waals surface area (Å²) in [4.78, 5) is 18.2. The summed E-state index contributed by atoms with van der Waals surface area (Å²) in [5.41, 5.74) is 1.73. The summed E-state index contributed by atoms with van der Waals surface area (Å²) in [6.07, 6.45) is 0. The van der Waals surface area contributed by atoms with Crippen LogP contribution >= 0.6 is 11.6 Å². The second kappa shape index (κ2) is 5.19. The summed E-state index contributed by atoms with van der Waals surface area (Å²) in [5, 5.41) is 14.0. The van der Waals surface area contributed by atoms with Crippen molar-refractivity contribution in [3.8, 4) is 0 Å². The Balaban J connectivity index is 2.51.